The highest BCUT2D eigenvalue weighted by Crippen LogP contribution is 2.19. The molecular weight excluding hydrogens is 452 g/mol. The third-order valence-electron chi connectivity index (χ3n) is 6.45. The second-order valence-electron chi connectivity index (χ2n) is 9.84. The maximum atomic E-state index is 11.2. The van der Waals surface area contributed by atoms with Crippen LogP contribution in [0.5, 0.6) is 0 Å². The summed E-state index contributed by atoms with van der Waals surface area (Å²) in [7, 11) is 0. The minimum absolute atomic E-state index is 0.0422. The topological polar surface area (TPSA) is 115 Å². The van der Waals surface area contributed by atoms with E-state index in [0.29, 0.717) is 6.61 Å². The van der Waals surface area contributed by atoms with E-state index in [2.05, 4.69) is 6.92 Å². The van der Waals surface area contributed by atoms with E-state index in [9.17, 15) is 20.1 Å². The first kappa shape index (κ1) is 32.3. The number of ether oxygens (including phenoxy) is 4. The van der Waals surface area contributed by atoms with Gasteiger partial charge < -0.3 is 34.3 Å². The zero-order valence-electron chi connectivity index (χ0n) is 22.2. The van der Waals surface area contributed by atoms with Gasteiger partial charge in [0.1, 0.15) is 31.0 Å². The molecule has 0 aromatic carbocycles. The minimum atomic E-state index is -1.39. The van der Waals surface area contributed by atoms with Crippen LogP contribution in [-0.4, -0.2) is 78.4 Å². The predicted molar refractivity (Wildman–Crippen MR) is 135 cm³/mol. The molecule has 1 saturated heterocycles. The van der Waals surface area contributed by atoms with E-state index in [0.717, 1.165) is 12.8 Å². The van der Waals surface area contributed by atoms with Crippen LogP contribution in [0.4, 0.5) is 0 Å². The Hall–Kier alpha value is -0.770. The van der Waals surface area contributed by atoms with Crippen LogP contribution >= 0.6 is 0 Å². The van der Waals surface area contributed by atoms with Crippen molar-refractivity contribution < 1.29 is 39.1 Å². The molecule has 8 heteroatoms. The molecule has 1 aliphatic heterocycles. The van der Waals surface area contributed by atoms with Crippen molar-refractivity contribution in [1.82, 2.24) is 0 Å². The average Bonchev–Trinajstić information content (AvgIpc) is 2.84. The van der Waals surface area contributed by atoms with Crippen LogP contribution in [0.15, 0.2) is 0 Å². The lowest BCUT2D eigenvalue weighted by Gasteiger charge is -2.36. The number of esters is 1. The lowest BCUT2D eigenvalue weighted by Crippen LogP contribution is -2.55. The summed E-state index contributed by atoms with van der Waals surface area (Å²) in [6.45, 7) is 4.13. The molecule has 208 valence electrons. The standard InChI is InChI=1S/C27H52O8/c1-3-4-5-6-7-8-9-10-11-12-13-14-15-16-17-18-32-19-23(20-33-22(2)28)35-27-26(31)25(30)24(29)21-34-27/h23-27,29-31H,3-21H2,1-2H3/t23-,24+,25+,26-,27-/m0/s1. The molecule has 0 bridgehead atoms. The number of aliphatic hydroxyl groups is 3. The van der Waals surface area contributed by atoms with Crippen LogP contribution in [-0.2, 0) is 23.7 Å². The number of hydrogen-bond acceptors (Lipinski definition) is 8. The van der Waals surface area contributed by atoms with E-state index in [1.165, 1.54) is 90.4 Å². The summed E-state index contributed by atoms with van der Waals surface area (Å²) in [6, 6.07) is 0. The highest BCUT2D eigenvalue weighted by molar-refractivity contribution is 5.65. The van der Waals surface area contributed by atoms with Gasteiger partial charge in [0.15, 0.2) is 6.29 Å². The molecule has 1 rings (SSSR count). The van der Waals surface area contributed by atoms with Gasteiger partial charge in [-0.3, -0.25) is 4.79 Å². The molecular formula is C27H52O8. The van der Waals surface area contributed by atoms with Crippen LogP contribution < -0.4 is 0 Å². The van der Waals surface area contributed by atoms with E-state index < -0.39 is 36.7 Å². The van der Waals surface area contributed by atoms with Crippen molar-refractivity contribution in [2.24, 2.45) is 0 Å². The van der Waals surface area contributed by atoms with Gasteiger partial charge in [-0.15, -0.1) is 0 Å². The quantitative estimate of drug-likeness (QED) is 0.148. The molecule has 1 aliphatic rings. The number of aliphatic hydroxyl groups excluding tert-OH is 3. The van der Waals surface area contributed by atoms with Gasteiger partial charge in [-0.2, -0.15) is 0 Å². The highest BCUT2D eigenvalue weighted by atomic mass is 16.7. The largest absolute Gasteiger partial charge is 0.463 e. The second kappa shape index (κ2) is 21.3. The minimum Gasteiger partial charge on any atom is -0.463 e. The van der Waals surface area contributed by atoms with Gasteiger partial charge in [0.2, 0.25) is 0 Å². The molecule has 0 spiro atoms. The van der Waals surface area contributed by atoms with Crippen molar-refractivity contribution in [3.63, 3.8) is 0 Å². The van der Waals surface area contributed by atoms with Crippen molar-refractivity contribution in [2.75, 3.05) is 26.4 Å². The van der Waals surface area contributed by atoms with Crippen LogP contribution in [0.1, 0.15) is 110 Å². The van der Waals surface area contributed by atoms with Gasteiger partial charge >= 0.3 is 5.97 Å². The molecule has 8 nitrogen and oxygen atoms in total. The van der Waals surface area contributed by atoms with Crippen molar-refractivity contribution in [2.45, 2.75) is 141 Å². The van der Waals surface area contributed by atoms with Gasteiger partial charge in [-0.1, -0.05) is 96.8 Å². The monoisotopic (exact) mass is 504 g/mol. The van der Waals surface area contributed by atoms with Crippen molar-refractivity contribution in [3.05, 3.63) is 0 Å². The average molecular weight is 505 g/mol. The SMILES string of the molecule is CCCCCCCCCCCCCCCCCOC[C@@H](COC(C)=O)O[C@@H]1OC[C@@H](O)[C@@H](O)[C@@H]1O. The van der Waals surface area contributed by atoms with E-state index >= 15 is 0 Å². The molecule has 1 fully saturated rings. The maximum absolute atomic E-state index is 11.2. The van der Waals surface area contributed by atoms with Crippen LogP contribution in [0, 0.1) is 0 Å². The Labute approximate surface area is 212 Å². The van der Waals surface area contributed by atoms with Crippen molar-refractivity contribution >= 4 is 5.97 Å². The highest BCUT2D eigenvalue weighted by Gasteiger charge is 2.39. The number of hydrogen-bond donors (Lipinski definition) is 3. The fourth-order valence-electron chi connectivity index (χ4n) is 4.22. The third-order valence-corrected chi connectivity index (χ3v) is 6.45. The maximum Gasteiger partial charge on any atom is 0.302 e. The summed E-state index contributed by atoms with van der Waals surface area (Å²) in [5.74, 6) is -0.443. The van der Waals surface area contributed by atoms with Gasteiger partial charge in [-0.25, -0.2) is 0 Å². The van der Waals surface area contributed by atoms with Gasteiger partial charge in [0.05, 0.1) is 13.2 Å². The molecule has 5 atom stereocenters. The Kier molecular flexibility index (Phi) is 19.7. The predicted octanol–water partition coefficient (Wildman–Crippen LogP) is 4.26. The number of carbonyl (C=O) groups excluding carboxylic acids is 1. The number of unbranched alkanes of at least 4 members (excludes halogenated alkanes) is 14. The first-order valence-electron chi connectivity index (χ1n) is 14.0. The normalized spacial score (nSPS) is 23.3. The number of rotatable bonds is 22. The molecule has 1 heterocycles. The summed E-state index contributed by atoms with van der Waals surface area (Å²) in [4.78, 5) is 11.2. The summed E-state index contributed by atoms with van der Waals surface area (Å²) in [5.41, 5.74) is 0. The lowest BCUT2D eigenvalue weighted by atomic mass is 10.0. The van der Waals surface area contributed by atoms with Gasteiger partial charge in [0.25, 0.3) is 0 Å². The summed E-state index contributed by atoms with van der Waals surface area (Å²) < 4.78 is 21.6. The Balaban J connectivity index is 2.03. The first-order valence-corrected chi connectivity index (χ1v) is 14.0. The Morgan fingerprint density at radius 3 is 1.83 bits per heavy atom. The van der Waals surface area contributed by atoms with Crippen LogP contribution in [0.2, 0.25) is 0 Å². The Morgan fingerprint density at radius 1 is 0.800 bits per heavy atom. The van der Waals surface area contributed by atoms with Gasteiger partial charge in [0, 0.05) is 13.5 Å². The Morgan fingerprint density at radius 2 is 1.31 bits per heavy atom. The molecule has 0 radical (unpaired) electrons. The number of carbonyl (C=O) groups is 1. The first-order chi connectivity index (χ1) is 17.0. The summed E-state index contributed by atoms with van der Waals surface area (Å²) in [5, 5.41) is 29.4. The molecule has 0 unspecified atom stereocenters. The zero-order chi connectivity index (χ0) is 25.7. The van der Waals surface area contributed by atoms with Crippen LogP contribution in [0.3, 0.4) is 0 Å². The molecule has 3 N–H and O–H groups in total. The molecule has 0 aromatic heterocycles. The Bertz CT molecular complexity index is 504. The van der Waals surface area contributed by atoms with E-state index in [-0.39, 0.29) is 19.8 Å². The molecule has 35 heavy (non-hydrogen) atoms. The van der Waals surface area contributed by atoms with E-state index in [1.54, 1.807) is 0 Å². The molecule has 0 aliphatic carbocycles. The summed E-state index contributed by atoms with van der Waals surface area (Å²) >= 11 is 0. The molecule has 0 aromatic rings. The summed E-state index contributed by atoms with van der Waals surface area (Å²) in [6.07, 6.45) is 13.9. The van der Waals surface area contributed by atoms with Gasteiger partial charge in [-0.05, 0) is 6.42 Å². The third kappa shape index (κ3) is 16.6. The van der Waals surface area contributed by atoms with Crippen molar-refractivity contribution in [1.29, 1.82) is 0 Å². The fourth-order valence-corrected chi connectivity index (χ4v) is 4.22. The van der Waals surface area contributed by atoms with Crippen LogP contribution in [0.25, 0.3) is 0 Å². The fraction of sp³-hybridized carbons (Fsp3) is 0.963. The molecule has 0 saturated carbocycles. The zero-order valence-corrected chi connectivity index (χ0v) is 22.2. The lowest BCUT2D eigenvalue weighted by molar-refractivity contribution is -0.288. The van der Waals surface area contributed by atoms with E-state index in [1.807, 2.05) is 0 Å². The molecule has 0 amide bonds. The van der Waals surface area contributed by atoms with E-state index in [4.69, 9.17) is 18.9 Å². The second-order valence-corrected chi connectivity index (χ2v) is 9.84. The smallest absolute Gasteiger partial charge is 0.302 e. The van der Waals surface area contributed by atoms with Crippen molar-refractivity contribution in [3.8, 4) is 0 Å².